The van der Waals surface area contributed by atoms with Crippen LogP contribution in [0.1, 0.15) is 75.0 Å². The van der Waals surface area contributed by atoms with Crippen LogP contribution < -0.4 is 5.32 Å². The number of hydrogen-bond acceptors (Lipinski definition) is 4. The van der Waals surface area contributed by atoms with Gasteiger partial charge in [0.2, 0.25) is 11.8 Å². The summed E-state index contributed by atoms with van der Waals surface area (Å²) in [4.78, 5) is 25.5. The minimum atomic E-state index is -0.176. The topological polar surface area (TPSA) is 71.0 Å². The standard InChI is InChI=1S/C29H37N3O3/c1-3-21(2)27(28(34)30-18-8-7-9-22-12-13-22)24-16-14-23(15-17-24)19-32-26(33)20-35-29(31-32)25-10-5-4-6-11-25/h4-6,10-11,14-17,21-22,27H,3,7-9,12-13,18-20H2,1-2H3,(H,30,34). The number of rotatable bonds is 12. The lowest BCUT2D eigenvalue weighted by Crippen LogP contribution is -2.36. The number of unbranched alkanes of at least 4 members (excludes halogenated alkanes) is 1. The van der Waals surface area contributed by atoms with Crippen LogP contribution >= 0.6 is 0 Å². The second-order valence-corrected chi connectivity index (χ2v) is 9.85. The fourth-order valence-electron chi connectivity index (χ4n) is 4.51. The highest BCUT2D eigenvalue weighted by Gasteiger charge is 2.27. The van der Waals surface area contributed by atoms with Crippen LogP contribution in [-0.4, -0.2) is 35.9 Å². The molecular formula is C29H37N3O3. The molecule has 2 aromatic rings. The maximum Gasteiger partial charge on any atom is 0.281 e. The van der Waals surface area contributed by atoms with Gasteiger partial charge in [-0.05, 0) is 41.5 Å². The zero-order chi connectivity index (χ0) is 24.6. The molecule has 1 heterocycles. The molecule has 0 aromatic heterocycles. The Morgan fingerprint density at radius 1 is 1.11 bits per heavy atom. The number of ether oxygens (including phenoxy) is 1. The lowest BCUT2D eigenvalue weighted by atomic mass is 9.84. The van der Waals surface area contributed by atoms with E-state index in [4.69, 9.17) is 4.74 Å². The van der Waals surface area contributed by atoms with Gasteiger partial charge in [-0.25, -0.2) is 5.01 Å². The molecule has 1 aliphatic heterocycles. The fourth-order valence-corrected chi connectivity index (χ4v) is 4.51. The molecule has 6 nitrogen and oxygen atoms in total. The Balaban J connectivity index is 1.38. The molecule has 2 unspecified atom stereocenters. The number of benzene rings is 2. The van der Waals surface area contributed by atoms with Gasteiger partial charge in [0.15, 0.2) is 6.61 Å². The summed E-state index contributed by atoms with van der Waals surface area (Å²) in [6, 6.07) is 17.6. The molecule has 2 aliphatic rings. The number of amides is 2. The molecule has 0 spiro atoms. The number of hydrazone groups is 1. The van der Waals surface area contributed by atoms with E-state index in [1.165, 1.54) is 30.7 Å². The largest absolute Gasteiger partial charge is 0.466 e. The molecule has 6 heteroatoms. The van der Waals surface area contributed by atoms with Crippen LogP contribution in [0.3, 0.4) is 0 Å². The molecular weight excluding hydrogens is 438 g/mol. The first kappa shape index (κ1) is 25.0. The predicted octanol–water partition coefficient (Wildman–Crippen LogP) is 5.23. The lowest BCUT2D eigenvalue weighted by Gasteiger charge is -2.25. The lowest BCUT2D eigenvalue weighted by molar-refractivity contribution is -0.136. The average molecular weight is 476 g/mol. The zero-order valence-corrected chi connectivity index (χ0v) is 20.9. The number of carbonyl (C=O) groups excluding carboxylic acids is 2. The molecule has 2 aromatic carbocycles. The van der Waals surface area contributed by atoms with Crippen LogP contribution in [0.5, 0.6) is 0 Å². The van der Waals surface area contributed by atoms with Gasteiger partial charge in [-0.1, -0.05) is 88.4 Å². The highest BCUT2D eigenvalue weighted by molar-refractivity contribution is 5.97. The third kappa shape index (κ3) is 6.93. The number of carbonyl (C=O) groups is 2. The minimum absolute atomic E-state index is 0.0251. The summed E-state index contributed by atoms with van der Waals surface area (Å²) in [5.74, 6) is 1.40. The molecule has 1 fully saturated rings. The van der Waals surface area contributed by atoms with Crippen molar-refractivity contribution in [2.75, 3.05) is 13.2 Å². The van der Waals surface area contributed by atoms with Gasteiger partial charge in [-0.3, -0.25) is 9.59 Å². The third-order valence-electron chi connectivity index (χ3n) is 7.05. The second-order valence-electron chi connectivity index (χ2n) is 9.85. The second kappa shape index (κ2) is 12.0. The maximum absolute atomic E-state index is 13.1. The molecule has 1 aliphatic carbocycles. The molecule has 0 radical (unpaired) electrons. The number of nitrogens with one attached hydrogen (secondary N) is 1. The molecule has 0 saturated heterocycles. The Labute approximate surface area is 208 Å². The van der Waals surface area contributed by atoms with Gasteiger partial charge < -0.3 is 10.1 Å². The first-order valence-electron chi connectivity index (χ1n) is 13.0. The normalized spacial score (nSPS) is 17.4. The summed E-state index contributed by atoms with van der Waals surface area (Å²) in [7, 11) is 0. The minimum Gasteiger partial charge on any atom is -0.466 e. The highest BCUT2D eigenvalue weighted by Crippen LogP contribution is 2.33. The van der Waals surface area contributed by atoms with Crippen molar-refractivity contribution in [2.45, 2.75) is 64.8 Å². The van der Waals surface area contributed by atoms with E-state index in [0.29, 0.717) is 12.4 Å². The van der Waals surface area contributed by atoms with Gasteiger partial charge >= 0.3 is 0 Å². The Hall–Kier alpha value is -3.15. The fraction of sp³-hybridized carbons (Fsp3) is 0.483. The van der Waals surface area contributed by atoms with Crippen molar-refractivity contribution >= 4 is 17.7 Å². The van der Waals surface area contributed by atoms with Gasteiger partial charge in [0.25, 0.3) is 5.91 Å². The molecule has 0 bridgehead atoms. The van der Waals surface area contributed by atoms with Crippen molar-refractivity contribution in [2.24, 2.45) is 16.9 Å². The number of hydrogen-bond donors (Lipinski definition) is 1. The van der Waals surface area contributed by atoms with Crippen LogP contribution in [0.2, 0.25) is 0 Å². The Morgan fingerprint density at radius 2 is 1.86 bits per heavy atom. The van der Waals surface area contributed by atoms with E-state index < -0.39 is 0 Å². The van der Waals surface area contributed by atoms with Crippen molar-refractivity contribution in [1.29, 1.82) is 0 Å². The molecule has 4 rings (SSSR count). The van der Waals surface area contributed by atoms with E-state index in [2.05, 4.69) is 24.3 Å². The van der Waals surface area contributed by atoms with Crippen molar-refractivity contribution < 1.29 is 14.3 Å². The summed E-state index contributed by atoms with van der Waals surface area (Å²) in [6.45, 7) is 5.35. The Kier molecular flexibility index (Phi) is 8.56. The van der Waals surface area contributed by atoms with Crippen molar-refractivity contribution in [3.63, 3.8) is 0 Å². The van der Waals surface area contributed by atoms with Gasteiger partial charge in [-0.2, -0.15) is 0 Å². The smallest absolute Gasteiger partial charge is 0.281 e. The van der Waals surface area contributed by atoms with E-state index in [9.17, 15) is 9.59 Å². The Morgan fingerprint density at radius 3 is 2.54 bits per heavy atom. The maximum atomic E-state index is 13.1. The first-order valence-corrected chi connectivity index (χ1v) is 13.0. The van der Waals surface area contributed by atoms with Crippen molar-refractivity contribution in [3.8, 4) is 0 Å². The van der Waals surface area contributed by atoms with E-state index in [0.717, 1.165) is 42.0 Å². The third-order valence-corrected chi connectivity index (χ3v) is 7.05. The van der Waals surface area contributed by atoms with E-state index in [1.54, 1.807) is 0 Å². The zero-order valence-electron chi connectivity index (χ0n) is 20.9. The van der Waals surface area contributed by atoms with Crippen LogP contribution in [0.25, 0.3) is 0 Å². The Bertz CT molecular complexity index is 1020. The summed E-state index contributed by atoms with van der Waals surface area (Å²) in [6.07, 6.45) is 7.25. The average Bonchev–Trinajstić information content (AvgIpc) is 3.71. The van der Waals surface area contributed by atoms with Crippen LogP contribution in [-0.2, 0) is 20.9 Å². The van der Waals surface area contributed by atoms with Gasteiger partial charge in [0.05, 0.1) is 12.5 Å². The number of nitrogens with zero attached hydrogens (tertiary/aromatic N) is 2. The van der Waals surface area contributed by atoms with E-state index in [1.807, 2.05) is 54.6 Å². The van der Waals surface area contributed by atoms with Crippen LogP contribution in [0, 0.1) is 11.8 Å². The van der Waals surface area contributed by atoms with E-state index in [-0.39, 0.29) is 30.3 Å². The summed E-state index contributed by atoms with van der Waals surface area (Å²) >= 11 is 0. The van der Waals surface area contributed by atoms with Crippen LogP contribution in [0.4, 0.5) is 0 Å². The van der Waals surface area contributed by atoms with Crippen molar-refractivity contribution in [1.82, 2.24) is 10.3 Å². The molecule has 1 N–H and O–H groups in total. The van der Waals surface area contributed by atoms with E-state index >= 15 is 0 Å². The predicted molar refractivity (Wildman–Crippen MR) is 138 cm³/mol. The van der Waals surface area contributed by atoms with Crippen molar-refractivity contribution in [3.05, 3.63) is 71.3 Å². The molecule has 2 amide bonds. The van der Waals surface area contributed by atoms with Gasteiger partial charge in [0, 0.05) is 12.1 Å². The molecule has 1 saturated carbocycles. The molecule has 2 atom stereocenters. The highest BCUT2D eigenvalue weighted by atomic mass is 16.5. The first-order chi connectivity index (χ1) is 17.0. The van der Waals surface area contributed by atoms with Crippen LogP contribution in [0.15, 0.2) is 59.7 Å². The quantitative estimate of drug-likeness (QED) is 0.427. The molecule has 35 heavy (non-hydrogen) atoms. The summed E-state index contributed by atoms with van der Waals surface area (Å²) in [5, 5.41) is 9.07. The monoisotopic (exact) mass is 475 g/mol. The molecule has 186 valence electrons. The van der Waals surface area contributed by atoms with Gasteiger partial charge in [0.1, 0.15) is 0 Å². The summed E-state index contributed by atoms with van der Waals surface area (Å²) in [5.41, 5.74) is 2.82. The SMILES string of the molecule is CCC(C)C(C(=O)NCCCCC1CC1)c1ccc(CN2N=C(c3ccccc3)OCC2=O)cc1. The van der Waals surface area contributed by atoms with Gasteiger partial charge in [-0.15, -0.1) is 5.10 Å². The summed E-state index contributed by atoms with van der Waals surface area (Å²) < 4.78 is 5.54.